The summed E-state index contributed by atoms with van der Waals surface area (Å²) < 4.78 is 31.5. The van der Waals surface area contributed by atoms with Crippen LogP contribution in [0.2, 0.25) is 0 Å². The van der Waals surface area contributed by atoms with E-state index in [1.807, 2.05) is 13.0 Å². The van der Waals surface area contributed by atoms with Crippen LogP contribution in [0.15, 0.2) is 29.2 Å². The fourth-order valence-corrected chi connectivity index (χ4v) is 3.67. The summed E-state index contributed by atoms with van der Waals surface area (Å²) in [6.45, 7) is 4.34. The Bertz CT molecular complexity index is 561. The summed E-state index contributed by atoms with van der Waals surface area (Å²) >= 11 is 0. The van der Waals surface area contributed by atoms with Crippen LogP contribution in [-0.4, -0.2) is 39.0 Å². The molecule has 0 N–H and O–H groups in total. The van der Waals surface area contributed by atoms with E-state index in [0.717, 1.165) is 5.56 Å². The lowest BCUT2D eigenvalue weighted by Gasteiger charge is -2.26. The van der Waals surface area contributed by atoms with E-state index in [-0.39, 0.29) is 17.4 Å². The van der Waals surface area contributed by atoms with Crippen LogP contribution in [0.5, 0.6) is 0 Å². The number of rotatable bonds is 7. The number of likely N-dealkylation sites (N-methyl/N-ethyl adjacent to an activating group) is 1. The summed E-state index contributed by atoms with van der Waals surface area (Å²) in [4.78, 5) is 0.240. The SMILES string of the molecule is CCN(C(C)COC)S(=O)(=O)c1ccc(CC#N)cc1. The first-order valence-electron chi connectivity index (χ1n) is 6.44. The van der Waals surface area contributed by atoms with Crippen molar-refractivity contribution in [2.24, 2.45) is 0 Å². The first-order chi connectivity index (χ1) is 9.47. The van der Waals surface area contributed by atoms with Gasteiger partial charge in [-0.05, 0) is 24.6 Å². The van der Waals surface area contributed by atoms with E-state index in [2.05, 4.69) is 0 Å². The quantitative estimate of drug-likeness (QED) is 0.769. The van der Waals surface area contributed by atoms with Gasteiger partial charge < -0.3 is 4.74 Å². The van der Waals surface area contributed by atoms with Gasteiger partial charge in [0.1, 0.15) is 0 Å². The Balaban J connectivity index is 3.05. The van der Waals surface area contributed by atoms with Gasteiger partial charge in [-0.3, -0.25) is 0 Å². The second-order valence-electron chi connectivity index (χ2n) is 4.49. The first-order valence-corrected chi connectivity index (χ1v) is 7.88. The highest BCUT2D eigenvalue weighted by atomic mass is 32.2. The minimum absolute atomic E-state index is 0.228. The zero-order chi connectivity index (χ0) is 15.2. The zero-order valence-electron chi connectivity index (χ0n) is 12.0. The molecule has 0 amide bonds. The number of hydrogen-bond acceptors (Lipinski definition) is 4. The third-order valence-corrected chi connectivity index (χ3v) is 5.13. The maximum absolute atomic E-state index is 12.6. The van der Waals surface area contributed by atoms with Crippen LogP contribution in [0, 0.1) is 11.3 Å². The molecule has 0 heterocycles. The van der Waals surface area contributed by atoms with E-state index in [0.29, 0.717) is 13.2 Å². The molecule has 1 atom stereocenters. The van der Waals surface area contributed by atoms with E-state index in [9.17, 15) is 8.42 Å². The molecular weight excluding hydrogens is 276 g/mol. The van der Waals surface area contributed by atoms with Gasteiger partial charge >= 0.3 is 0 Å². The first kappa shape index (κ1) is 16.6. The average molecular weight is 296 g/mol. The Morgan fingerprint density at radius 1 is 1.35 bits per heavy atom. The normalized spacial score (nSPS) is 13.2. The minimum Gasteiger partial charge on any atom is -0.383 e. The molecule has 1 rings (SSSR count). The lowest BCUT2D eigenvalue weighted by Crippen LogP contribution is -2.40. The summed E-state index contributed by atoms with van der Waals surface area (Å²) in [7, 11) is -1.98. The van der Waals surface area contributed by atoms with Gasteiger partial charge in [-0.25, -0.2) is 8.42 Å². The van der Waals surface area contributed by atoms with Crippen molar-refractivity contribution >= 4 is 10.0 Å². The molecule has 0 bridgehead atoms. The molecule has 0 aromatic heterocycles. The molecule has 0 radical (unpaired) electrons. The van der Waals surface area contributed by atoms with Crippen LogP contribution in [-0.2, 0) is 21.2 Å². The molecule has 0 aliphatic carbocycles. The summed E-state index contributed by atoms with van der Waals surface area (Å²) in [6, 6.07) is 8.24. The minimum atomic E-state index is -3.53. The Morgan fingerprint density at radius 2 is 1.95 bits per heavy atom. The second kappa shape index (κ2) is 7.39. The molecule has 6 heteroatoms. The van der Waals surface area contributed by atoms with Crippen molar-refractivity contribution in [3.8, 4) is 6.07 Å². The van der Waals surface area contributed by atoms with Gasteiger partial charge in [0.25, 0.3) is 0 Å². The van der Waals surface area contributed by atoms with Crippen molar-refractivity contribution in [1.82, 2.24) is 4.31 Å². The molecule has 0 aliphatic heterocycles. The predicted octanol–water partition coefficient (Wildman–Crippen LogP) is 1.80. The highest BCUT2D eigenvalue weighted by Gasteiger charge is 2.27. The number of hydrogen-bond donors (Lipinski definition) is 0. The van der Waals surface area contributed by atoms with Crippen molar-refractivity contribution in [2.75, 3.05) is 20.3 Å². The Labute approximate surface area is 120 Å². The van der Waals surface area contributed by atoms with E-state index in [1.54, 1.807) is 38.3 Å². The molecule has 1 aromatic carbocycles. The maximum atomic E-state index is 12.6. The summed E-state index contributed by atoms with van der Waals surface area (Å²) in [5.41, 5.74) is 0.805. The van der Waals surface area contributed by atoms with E-state index < -0.39 is 10.0 Å². The predicted molar refractivity (Wildman–Crippen MR) is 76.7 cm³/mol. The lowest BCUT2D eigenvalue weighted by molar-refractivity contribution is 0.142. The highest BCUT2D eigenvalue weighted by Crippen LogP contribution is 2.19. The topological polar surface area (TPSA) is 70.4 Å². The number of methoxy groups -OCH3 is 1. The van der Waals surface area contributed by atoms with Gasteiger partial charge in [0.2, 0.25) is 10.0 Å². The van der Waals surface area contributed by atoms with Gasteiger partial charge in [-0.2, -0.15) is 9.57 Å². The third kappa shape index (κ3) is 3.79. The molecule has 0 saturated heterocycles. The van der Waals surface area contributed by atoms with Crippen LogP contribution in [0.3, 0.4) is 0 Å². The van der Waals surface area contributed by atoms with Crippen LogP contribution < -0.4 is 0 Å². The van der Waals surface area contributed by atoms with E-state index in [4.69, 9.17) is 10.00 Å². The number of nitrogens with zero attached hydrogens (tertiary/aromatic N) is 2. The van der Waals surface area contributed by atoms with E-state index >= 15 is 0 Å². The Kier molecular flexibility index (Phi) is 6.14. The molecule has 20 heavy (non-hydrogen) atoms. The van der Waals surface area contributed by atoms with Crippen molar-refractivity contribution in [3.63, 3.8) is 0 Å². The third-order valence-electron chi connectivity index (χ3n) is 3.02. The molecule has 5 nitrogen and oxygen atoms in total. The van der Waals surface area contributed by atoms with Gasteiger partial charge in [-0.1, -0.05) is 19.1 Å². The summed E-state index contributed by atoms with van der Waals surface area (Å²) in [6.07, 6.45) is 0.276. The van der Waals surface area contributed by atoms with Gasteiger partial charge in [0.15, 0.2) is 0 Å². The van der Waals surface area contributed by atoms with Crippen molar-refractivity contribution in [3.05, 3.63) is 29.8 Å². The number of benzene rings is 1. The molecule has 0 aliphatic rings. The van der Waals surface area contributed by atoms with Gasteiger partial charge in [0.05, 0.1) is 24.0 Å². The fourth-order valence-electron chi connectivity index (χ4n) is 2.05. The lowest BCUT2D eigenvalue weighted by atomic mass is 10.2. The molecule has 0 saturated carbocycles. The van der Waals surface area contributed by atoms with Crippen LogP contribution >= 0.6 is 0 Å². The van der Waals surface area contributed by atoms with Crippen molar-refractivity contribution < 1.29 is 13.2 Å². The highest BCUT2D eigenvalue weighted by molar-refractivity contribution is 7.89. The monoisotopic (exact) mass is 296 g/mol. The van der Waals surface area contributed by atoms with Gasteiger partial charge in [-0.15, -0.1) is 0 Å². The Morgan fingerprint density at radius 3 is 2.40 bits per heavy atom. The largest absolute Gasteiger partial charge is 0.383 e. The smallest absolute Gasteiger partial charge is 0.243 e. The molecule has 0 fully saturated rings. The number of nitriles is 1. The maximum Gasteiger partial charge on any atom is 0.243 e. The molecule has 0 spiro atoms. The molecule has 1 aromatic rings. The second-order valence-corrected chi connectivity index (χ2v) is 6.38. The average Bonchev–Trinajstić information content (AvgIpc) is 2.40. The van der Waals surface area contributed by atoms with Crippen LogP contribution in [0.25, 0.3) is 0 Å². The fraction of sp³-hybridized carbons (Fsp3) is 0.500. The van der Waals surface area contributed by atoms with Crippen molar-refractivity contribution in [1.29, 1.82) is 5.26 Å². The summed E-state index contributed by atoms with van der Waals surface area (Å²) in [5, 5.41) is 8.62. The van der Waals surface area contributed by atoms with E-state index in [1.165, 1.54) is 4.31 Å². The molecular formula is C14H20N2O3S. The molecule has 110 valence electrons. The summed E-state index contributed by atoms with van der Waals surface area (Å²) in [5.74, 6) is 0. The molecule has 1 unspecified atom stereocenters. The van der Waals surface area contributed by atoms with Crippen LogP contribution in [0.4, 0.5) is 0 Å². The van der Waals surface area contributed by atoms with Crippen LogP contribution in [0.1, 0.15) is 19.4 Å². The van der Waals surface area contributed by atoms with Crippen molar-refractivity contribution in [2.45, 2.75) is 31.2 Å². The number of ether oxygens (including phenoxy) is 1. The number of sulfonamides is 1. The standard InChI is InChI=1S/C14H20N2O3S/c1-4-16(12(2)11-19-3)20(17,18)14-7-5-13(6-8-14)9-10-15/h5-8,12H,4,9,11H2,1-3H3. The zero-order valence-corrected chi connectivity index (χ0v) is 12.9. The van der Waals surface area contributed by atoms with Gasteiger partial charge in [0, 0.05) is 19.7 Å². The Hall–Kier alpha value is -1.42.